The van der Waals surface area contributed by atoms with E-state index >= 15 is 0 Å². The Balaban J connectivity index is 2.01. The van der Waals surface area contributed by atoms with E-state index in [0.29, 0.717) is 12.5 Å². The van der Waals surface area contributed by atoms with Crippen molar-refractivity contribution in [3.05, 3.63) is 53.5 Å². The second-order valence-corrected chi connectivity index (χ2v) is 7.20. The zero-order chi connectivity index (χ0) is 19.3. The number of hydrogen-bond donors (Lipinski definition) is 1. The fraction of sp³-hybridized carbons (Fsp3) is 0.476. The van der Waals surface area contributed by atoms with Gasteiger partial charge in [-0.2, -0.15) is 0 Å². The van der Waals surface area contributed by atoms with Crippen LogP contribution < -0.4 is 10.1 Å². The van der Waals surface area contributed by atoms with E-state index in [1.54, 1.807) is 13.2 Å². The van der Waals surface area contributed by atoms with Crippen molar-refractivity contribution in [2.75, 3.05) is 20.6 Å². The summed E-state index contributed by atoms with van der Waals surface area (Å²) in [4.78, 5) is 14.5. The van der Waals surface area contributed by atoms with Crippen molar-refractivity contribution in [2.24, 2.45) is 0 Å². The number of carbonyl (C=O) groups is 1. The van der Waals surface area contributed by atoms with Gasteiger partial charge in [-0.25, -0.2) is 0 Å². The molecule has 1 aromatic heterocycles. The third-order valence-corrected chi connectivity index (χ3v) is 4.43. The van der Waals surface area contributed by atoms with Crippen LogP contribution in [0.1, 0.15) is 49.6 Å². The number of rotatable bonds is 8. The number of aryl methyl sites for hydroxylation is 1. The average Bonchev–Trinajstić information content (AvgIpc) is 3.08. The molecule has 0 aliphatic carbocycles. The Hall–Kier alpha value is -2.27. The Morgan fingerprint density at radius 3 is 2.54 bits per heavy atom. The number of benzene rings is 1. The van der Waals surface area contributed by atoms with Gasteiger partial charge in [0.15, 0.2) is 6.10 Å². The van der Waals surface area contributed by atoms with Crippen molar-refractivity contribution in [3.63, 3.8) is 0 Å². The van der Waals surface area contributed by atoms with Crippen LogP contribution in [0.4, 0.5) is 0 Å². The third-order valence-electron chi connectivity index (χ3n) is 4.43. The summed E-state index contributed by atoms with van der Waals surface area (Å²) in [7, 11) is 3.92. The fourth-order valence-corrected chi connectivity index (χ4v) is 2.82. The fourth-order valence-electron chi connectivity index (χ4n) is 2.82. The van der Waals surface area contributed by atoms with Gasteiger partial charge in [0.2, 0.25) is 0 Å². The molecule has 2 unspecified atom stereocenters. The molecule has 1 N–H and O–H groups in total. The van der Waals surface area contributed by atoms with Gasteiger partial charge in [-0.05, 0) is 63.2 Å². The number of hydrogen-bond acceptors (Lipinski definition) is 4. The highest BCUT2D eigenvalue weighted by Gasteiger charge is 2.21. The van der Waals surface area contributed by atoms with E-state index in [1.807, 2.05) is 44.1 Å². The molecule has 5 nitrogen and oxygen atoms in total. The third kappa shape index (κ3) is 5.11. The molecule has 0 spiro atoms. The largest absolute Gasteiger partial charge is 0.481 e. The van der Waals surface area contributed by atoms with Crippen LogP contribution in [0.2, 0.25) is 0 Å². The molecule has 2 aromatic rings. The molecule has 1 amide bonds. The van der Waals surface area contributed by atoms with Crippen molar-refractivity contribution >= 4 is 5.91 Å². The lowest BCUT2D eigenvalue weighted by Crippen LogP contribution is -2.41. The smallest absolute Gasteiger partial charge is 0.260 e. The maximum atomic E-state index is 12.5. The number of nitrogens with one attached hydrogen (secondary N) is 1. The maximum absolute atomic E-state index is 12.5. The van der Waals surface area contributed by atoms with Crippen LogP contribution in [0.3, 0.4) is 0 Å². The Labute approximate surface area is 156 Å². The van der Waals surface area contributed by atoms with Crippen molar-refractivity contribution < 1.29 is 13.9 Å². The van der Waals surface area contributed by atoms with E-state index in [2.05, 4.69) is 31.3 Å². The maximum Gasteiger partial charge on any atom is 0.260 e. The second kappa shape index (κ2) is 8.90. The molecule has 0 saturated carbocycles. The van der Waals surface area contributed by atoms with Crippen LogP contribution in [0.5, 0.6) is 5.75 Å². The number of nitrogens with zero attached hydrogens (tertiary/aromatic N) is 1. The molecule has 0 saturated heterocycles. The van der Waals surface area contributed by atoms with Crippen molar-refractivity contribution in [2.45, 2.75) is 45.8 Å². The lowest BCUT2D eigenvalue weighted by atomic mass is 10.0. The molecule has 0 bridgehead atoms. The highest BCUT2D eigenvalue weighted by molar-refractivity contribution is 5.80. The van der Waals surface area contributed by atoms with Crippen LogP contribution in [-0.4, -0.2) is 37.6 Å². The summed E-state index contributed by atoms with van der Waals surface area (Å²) in [5, 5.41) is 2.97. The normalized spacial score (nSPS) is 13.7. The van der Waals surface area contributed by atoms with Gasteiger partial charge >= 0.3 is 0 Å². The summed E-state index contributed by atoms with van der Waals surface area (Å²) in [6.07, 6.45) is 1.07. The Kier molecular flexibility index (Phi) is 6.86. The van der Waals surface area contributed by atoms with Gasteiger partial charge in [0.1, 0.15) is 11.5 Å². The quantitative estimate of drug-likeness (QED) is 0.778. The molecular weight excluding hydrogens is 328 g/mol. The van der Waals surface area contributed by atoms with Gasteiger partial charge in [0.25, 0.3) is 5.91 Å². The zero-order valence-corrected chi connectivity index (χ0v) is 16.6. The number of amides is 1. The Bertz CT molecular complexity index is 708. The summed E-state index contributed by atoms with van der Waals surface area (Å²) in [6.45, 7) is 8.49. The van der Waals surface area contributed by atoms with Gasteiger partial charge in [0, 0.05) is 6.54 Å². The van der Waals surface area contributed by atoms with Gasteiger partial charge in [-0.1, -0.05) is 26.0 Å². The van der Waals surface area contributed by atoms with Gasteiger partial charge < -0.3 is 14.5 Å². The molecular formula is C21H30N2O3. The number of ether oxygens (including phenoxy) is 1. The molecule has 1 aromatic carbocycles. The number of likely N-dealkylation sites (N-methyl/N-ethyl adjacent to an activating group) is 1. The second-order valence-electron chi connectivity index (χ2n) is 7.20. The number of furan rings is 1. The van der Waals surface area contributed by atoms with Gasteiger partial charge in [0.05, 0.1) is 12.3 Å². The predicted molar refractivity (Wildman–Crippen MR) is 104 cm³/mol. The highest BCUT2D eigenvalue weighted by Crippen LogP contribution is 2.28. The topological polar surface area (TPSA) is 54.7 Å². The van der Waals surface area contributed by atoms with Crippen molar-refractivity contribution in [1.82, 2.24) is 10.2 Å². The Morgan fingerprint density at radius 1 is 1.23 bits per heavy atom. The summed E-state index contributed by atoms with van der Waals surface area (Å²) < 4.78 is 11.5. The molecule has 142 valence electrons. The molecule has 0 aliphatic heterocycles. The molecule has 0 fully saturated rings. The standard InChI is InChI=1S/C21H30N2O3/c1-14(2)17-10-9-15(3)12-20(17)26-16(4)21(24)22-13-18(23(5)6)19-8-7-11-25-19/h7-12,14,16,18H,13H2,1-6H3,(H,22,24). The molecule has 26 heavy (non-hydrogen) atoms. The van der Waals surface area contributed by atoms with Crippen molar-refractivity contribution in [1.29, 1.82) is 0 Å². The SMILES string of the molecule is Cc1ccc(C(C)C)c(OC(C)C(=O)NCC(c2ccco2)N(C)C)c1. The van der Waals surface area contributed by atoms with Crippen molar-refractivity contribution in [3.8, 4) is 5.75 Å². The lowest BCUT2D eigenvalue weighted by Gasteiger charge is -2.24. The predicted octanol–water partition coefficient (Wildman–Crippen LogP) is 3.90. The molecule has 5 heteroatoms. The monoisotopic (exact) mass is 358 g/mol. The minimum atomic E-state index is -0.575. The van der Waals surface area contributed by atoms with Crippen LogP contribution >= 0.6 is 0 Å². The van der Waals surface area contributed by atoms with E-state index in [1.165, 1.54) is 0 Å². The number of carbonyl (C=O) groups excluding carboxylic acids is 1. The summed E-state index contributed by atoms with van der Waals surface area (Å²) in [5.74, 6) is 1.79. The lowest BCUT2D eigenvalue weighted by molar-refractivity contribution is -0.127. The first-order valence-electron chi connectivity index (χ1n) is 9.04. The van der Waals surface area contributed by atoms with Gasteiger partial charge in [-0.3, -0.25) is 9.69 Å². The Morgan fingerprint density at radius 2 is 1.96 bits per heavy atom. The summed E-state index contributed by atoms with van der Waals surface area (Å²) >= 11 is 0. The molecule has 0 aliphatic rings. The van der Waals surface area contributed by atoms with E-state index in [0.717, 1.165) is 22.6 Å². The first-order valence-corrected chi connectivity index (χ1v) is 9.04. The zero-order valence-electron chi connectivity index (χ0n) is 16.6. The first-order chi connectivity index (χ1) is 12.3. The van der Waals surface area contributed by atoms with E-state index < -0.39 is 6.10 Å². The average molecular weight is 358 g/mol. The first kappa shape index (κ1) is 20.0. The minimum absolute atomic E-state index is 0.0219. The van der Waals surface area contributed by atoms with E-state index in [4.69, 9.17) is 9.15 Å². The molecule has 0 radical (unpaired) electrons. The highest BCUT2D eigenvalue weighted by atomic mass is 16.5. The van der Waals surface area contributed by atoms with Crippen LogP contribution in [-0.2, 0) is 4.79 Å². The summed E-state index contributed by atoms with van der Waals surface area (Å²) in [5.41, 5.74) is 2.22. The van der Waals surface area contributed by atoms with E-state index in [9.17, 15) is 4.79 Å². The van der Waals surface area contributed by atoms with Crippen LogP contribution in [0.25, 0.3) is 0 Å². The van der Waals surface area contributed by atoms with Gasteiger partial charge in [-0.15, -0.1) is 0 Å². The summed E-state index contributed by atoms with van der Waals surface area (Å²) in [6, 6.07) is 9.87. The molecule has 1 heterocycles. The van der Waals surface area contributed by atoms with E-state index in [-0.39, 0.29) is 11.9 Å². The van der Waals surface area contributed by atoms with Crippen LogP contribution in [0, 0.1) is 6.92 Å². The molecule has 2 atom stereocenters. The van der Waals surface area contributed by atoms with Crippen LogP contribution in [0.15, 0.2) is 41.0 Å². The molecule has 2 rings (SSSR count). The minimum Gasteiger partial charge on any atom is -0.481 e.